The Hall–Kier alpha value is -1.30. The molecule has 0 bridgehead atoms. The summed E-state index contributed by atoms with van der Waals surface area (Å²) < 4.78 is 9.76. The molecule has 1 saturated heterocycles. The van der Waals surface area contributed by atoms with Crippen LogP contribution in [-0.4, -0.2) is 43.4 Å². The first-order valence-electron chi connectivity index (χ1n) is 5.55. The van der Waals surface area contributed by atoms with E-state index >= 15 is 0 Å². The zero-order chi connectivity index (χ0) is 13.1. The van der Waals surface area contributed by atoms with E-state index in [0.717, 1.165) is 0 Å². The summed E-state index contributed by atoms with van der Waals surface area (Å²) in [5, 5.41) is 5.75. The maximum atomic E-state index is 11.6. The Bertz CT molecular complexity index is 305. The van der Waals surface area contributed by atoms with Crippen molar-refractivity contribution < 1.29 is 19.1 Å². The van der Waals surface area contributed by atoms with E-state index < -0.39 is 17.2 Å². The van der Waals surface area contributed by atoms with Crippen LogP contribution in [-0.2, 0) is 14.3 Å². The zero-order valence-corrected chi connectivity index (χ0v) is 10.8. The Balaban J connectivity index is 2.52. The minimum absolute atomic E-state index is 0.149. The van der Waals surface area contributed by atoms with Crippen molar-refractivity contribution in [3.63, 3.8) is 0 Å². The van der Waals surface area contributed by atoms with Gasteiger partial charge in [-0.15, -0.1) is 0 Å². The van der Waals surface area contributed by atoms with Gasteiger partial charge in [0.25, 0.3) is 0 Å². The lowest BCUT2D eigenvalue weighted by Gasteiger charge is -2.42. The van der Waals surface area contributed by atoms with E-state index in [0.29, 0.717) is 13.1 Å². The number of carbonyl (C=O) groups excluding carboxylic acids is 2. The van der Waals surface area contributed by atoms with Crippen molar-refractivity contribution in [2.45, 2.75) is 38.3 Å². The molecule has 0 radical (unpaired) electrons. The van der Waals surface area contributed by atoms with E-state index in [1.165, 1.54) is 7.11 Å². The van der Waals surface area contributed by atoms with Crippen molar-refractivity contribution in [1.82, 2.24) is 10.6 Å². The fraction of sp³-hybridized carbons (Fsp3) is 0.818. The molecule has 1 aliphatic rings. The average molecular weight is 244 g/mol. The summed E-state index contributed by atoms with van der Waals surface area (Å²) in [4.78, 5) is 22.9. The van der Waals surface area contributed by atoms with Crippen LogP contribution in [0.5, 0.6) is 0 Å². The van der Waals surface area contributed by atoms with E-state index in [2.05, 4.69) is 15.4 Å². The first-order chi connectivity index (χ1) is 7.76. The molecule has 0 aliphatic carbocycles. The Kier molecular flexibility index (Phi) is 3.98. The molecule has 1 aliphatic heterocycles. The lowest BCUT2D eigenvalue weighted by atomic mass is 9.89. The number of amides is 1. The van der Waals surface area contributed by atoms with Crippen LogP contribution in [0.2, 0.25) is 0 Å². The first-order valence-corrected chi connectivity index (χ1v) is 5.55. The summed E-state index contributed by atoms with van der Waals surface area (Å²) in [6, 6.07) is 0. The van der Waals surface area contributed by atoms with Gasteiger partial charge in [-0.05, 0) is 20.8 Å². The number of carbonyl (C=O) groups is 2. The van der Waals surface area contributed by atoms with Crippen LogP contribution >= 0.6 is 0 Å². The number of esters is 1. The smallest absolute Gasteiger partial charge is 0.408 e. The van der Waals surface area contributed by atoms with Crippen LogP contribution in [0.15, 0.2) is 0 Å². The molecule has 17 heavy (non-hydrogen) atoms. The second kappa shape index (κ2) is 4.91. The molecule has 0 saturated carbocycles. The summed E-state index contributed by atoms with van der Waals surface area (Å²) in [6.07, 6.45) is -0.363. The van der Waals surface area contributed by atoms with Crippen LogP contribution in [0.1, 0.15) is 27.2 Å². The molecule has 2 N–H and O–H groups in total. The molecule has 6 nitrogen and oxygen atoms in total. The molecule has 0 aromatic rings. The van der Waals surface area contributed by atoms with Crippen molar-refractivity contribution >= 4 is 12.1 Å². The molecule has 1 amide bonds. The highest BCUT2D eigenvalue weighted by molar-refractivity contribution is 5.74. The number of ether oxygens (including phenoxy) is 2. The highest BCUT2D eigenvalue weighted by Gasteiger charge is 2.41. The van der Waals surface area contributed by atoms with Gasteiger partial charge in [0.1, 0.15) is 5.60 Å². The van der Waals surface area contributed by atoms with Crippen LogP contribution in [0.4, 0.5) is 4.79 Å². The van der Waals surface area contributed by atoms with Gasteiger partial charge in [-0.25, -0.2) is 4.79 Å². The number of methoxy groups -OCH3 is 1. The molecule has 0 aromatic heterocycles. The fourth-order valence-corrected chi connectivity index (χ4v) is 1.55. The summed E-state index contributed by atoms with van der Waals surface area (Å²) in [5.41, 5.74) is -1.12. The number of rotatable bonds is 3. The third-order valence-corrected chi connectivity index (χ3v) is 2.40. The summed E-state index contributed by atoms with van der Waals surface area (Å²) >= 11 is 0. The van der Waals surface area contributed by atoms with Crippen LogP contribution < -0.4 is 10.6 Å². The van der Waals surface area contributed by atoms with Gasteiger partial charge in [0.15, 0.2) is 0 Å². The maximum Gasteiger partial charge on any atom is 0.408 e. The van der Waals surface area contributed by atoms with Gasteiger partial charge in [0.2, 0.25) is 0 Å². The Morgan fingerprint density at radius 3 is 2.29 bits per heavy atom. The molecule has 1 rings (SSSR count). The van der Waals surface area contributed by atoms with E-state index in [9.17, 15) is 9.59 Å². The lowest BCUT2D eigenvalue weighted by molar-refractivity contribution is -0.142. The largest absolute Gasteiger partial charge is 0.469 e. The molecule has 0 atom stereocenters. The van der Waals surface area contributed by atoms with Gasteiger partial charge < -0.3 is 20.1 Å². The minimum atomic E-state index is -0.574. The molecular formula is C11H20N2O4. The average Bonchev–Trinajstić information content (AvgIpc) is 2.10. The molecule has 98 valence electrons. The van der Waals surface area contributed by atoms with Gasteiger partial charge in [-0.1, -0.05) is 0 Å². The van der Waals surface area contributed by atoms with E-state index in [4.69, 9.17) is 4.74 Å². The Morgan fingerprint density at radius 2 is 1.94 bits per heavy atom. The second-order valence-corrected chi connectivity index (χ2v) is 5.26. The third-order valence-electron chi connectivity index (χ3n) is 2.40. The molecular weight excluding hydrogens is 224 g/mol. The van der Waals surface area contributed by atoms with Crippen LogP contribution in [0, 0.1) is 0 Å². The summed E-state index contributed by atoms with van der Waals surface area (Å²) in [5.74, 6) is -0.345. The molecule has 0 spiro atoms. The number of hydrogen-bond acceptors (Lipinski definition) is 5. The van der Waals surface area contributed by atoms with Crippen molar-refractivity contribution in [3.05, 3.63) is 0 Å². The lowest BCUT2D eigenvalue weighted by Crippen LogP contribution is -2.70. The van der Waals surface area contributed by atoms with Crippen LogP contribution in [0.3, 0.4) is 0 Å². The third kappa shape index (κ3) is 4.22. The predicted molar refractivity (Wildman–Crippen MR) is 61.6 cm³/mol. The van der Waals surface area contributed by atoms with Gasteiger partial charge in [0, 0.05) is 13.1 Å². The molecule has 0 aromatic carbocycles. The monoisotopic (exact) mass is 244 g/mol. The summed E-state index contributed by atoms with van der Waals surface area (Å²) in [6.45, 7) is 6.46. The van der Waals surface area contributed by atoms with E-state index in [-0.39, 0.29) is 12.4 Å². The standard InChI is InChI=1S/C11H20N2O4/c1-10(2,3)17-9(15)13-11(6-12-7-11)5-8(14)16-4/h12H,5-7H2,1-4H3,(H,13,15). The first kappa shape index (κ1) is 13.8. The fourth-order valence-electron chi connectivity index (χ4n) is 1.55. The highest BCUT2D eigenvalue weighted by atomic mass is 16.6. The van der Waals surface area contributed by atoms with Gasteiger partial charge >= 0.3 is 12.1 Å². The summed E-state index contributed by atoms with van der Waals surface area (Å²) in [7, 11) is 1.33. The van der Waals surface area contributed by atoms with Crippen LogP contribution in [0.25, 0.3) is 0 Å². The highest BCUT2D eigenvalue weighted by Crippen LogP contribution is 2.18. The van der Waals surface area contributed by atoms with Gasteiger partial charge in [-0.3, -0.25) is 4.79 Å². The number of nitrogens with one attached hydrogen (secondary N) is 2. The second-order valence-electron chi connectivity index (χ2n) is 5.26. The molecule has 0 unspecified atom stereocenters. The topological polar surface area (TPSA) is 76.7 Å². The molecule has 6 heteroatoms. The van der Waals surface area contributed by atoms with Crippen molar-refractivity contribution in [3.8, 4) is 0 Å². The van der Waals surface area contributed by atoms with E-state index in [1.807, 2.05) is 0 Å². The normalized spacial score (nSPS) is 17.9. The maximum absolute atomic E-state index is 11.6. The Morgan fingerprint density at radius 1 is 1.35 bits per heavy atom. The molecule has 1 heterocycles. The zero-order valence-electron chi connectivity index (χ0n) is 10.8. The quantitative estimate of drug-likeness (QED) is 0.703. The van der Waals surface area contributed by atoms with Crippen molar-refractivity contribution in [2.75, 3.05) is 20.2 Å². The SMILES string of the molecule is COC(=O)CC1(NC(=O)OC(C)(C)C)CNC1. The molecule has 1 fully saturated rings. The van der Waals surface area contributed by atoms with Crippen molar-refractivity contribution in [1.29, 1.82) is 0 Å². The van der Waals surface area contributed by atoms with Crippen molar-refractivity contribution in [2.24, 2.45) is 0 Å². The minimum Gasteiger partial charge on any atom is -0.469 e. The van der Waals surface area contributed by atoms with E-state index in [1.54, 1.807) is 20.8 Å². The van der Waals surface area contributed by atoms with Gasteiger partial charge in [-0.2, -0.15) is 0 Å². The predicted octanol–water partition coefficient (Wildman–Crippen LogP) is 0.416. The Labute approximate surface area is 101 Å². The number of hydrogen-bond donors (Lipinski definition) is 2. The van der Waals surface area contributed by atoms with Gasteiger partial charge in [0.05, 0.1) is 19.1 Å². The number of alkyl carbamates (subject to hydrolysis) is 1.